The van der Waals surface area contributed by atoms with E-state index in [1.807, 2.05) is 0 Å². The molecule has 0 rings (SSSR count). The largest absolute Gasteiger partial charge is 0.453 e. The van der Waals surface area contributed by atoms with Gasteiger partial charge in [-0.3, -0.25) is 19.2 Å². The molecule has 0 aliphatic heterocycles. The molecule has 0 saturated carbocycles. The average Bonchev–Trinajstić information content (AvgIpc) is 2.39. The zero-order chi connectivity index (χ0) is 15.5. The molecule has 0 heterocycles. The molecule has 0 aromatic carbocycles. The number of aliphatic hydroxyl groups excluding tert-OH is 1. The standard InChI is InChI=1S/C12H20N2O6/c1-8(20-9(2)16)12(19)13-5-3-4-10(17)6-14-11(18)7-15/h8,15H,3-7H2,1-2H3,(H,13,19)(H,14,18)/t8-/m0/s1. The van der Waals surface area contributed by atoms with Gasteiger partial charge in [-0.1, -0.05) is 0 Å². The first-order chi connectivity index (χ1) is 9.36. The normalized spacial score (nSPS) is 11.3. The van der Waals surface area contributed by atoms with Crippen LogP contribution in [0.25, 0.3) is 0 Å². The van der Waals surface area contributed by atoms with E-state index >= 15 is 0 Å². The molecule has 1 atom stereocenters. The highest BCUT2D eigenvalue weighted by molar-refractivity contribution is 5.86. The Morgan fingerprint density at radius 2 is 1.85 bits per heavy atom. The second-order valence-corrected chi connectivity index (χ2v) is 4.12. The number of Topliss-reactive ketones (excluding diaryl/α,β-unsaturated/α-hetero) is 1. The van der Waals surface area contributed by atoms with Crippen LogP contribution in [0.5, 0.6) is 0 Å². The Labute approximate surface area is 116 Å². The summed E-state index contributed by atoms with van der Waals surface area (Å²) in [6.07, 6.45) is -0.271. The van der Waals surface area contributed by atoms with Gasteiger partial charge in [-0.2, -0.15) is 0 Å². The first-order valence-electron chi connectivity index (χ1n) is 6.21. The second kappa shape index (κ2) is 9.90. The maximum atomic E-state index is 11.4. The van der Waals surface area contributed by atoms with E-state index in [9.17, 15) is 19.2 Å². The van der Waals surface area contributed by atoms with Gasteiger partial charge in [-0.25, -0.2) is 0 Å². The molecule has 0 saturated heterocycles. The van der Waals surface area contributed by atoms with E-state index in [-0.39, 0.29) is 25.3 Å². The zero-order valence-corrected chi connectivity index (χ0v) is 11.6. The first kappa shape index (κ1) is 18.0. The number of ether oxygens (including phenoxy) is 1. The Morgan fingerprint density at radius 1 is 1.20 bits per heavy atom. The maximum absolute atomic E-state index is 11.4. The van der Waals surface area contributed by atoms with Crippen LogP contribution in [0.2, 0.25) is 0 Å². The Hall–Kier alpha value is -1.96. The summed E-state index contributed by atoms with van der Waals surface area (Å²) in [6.45, 7) is 2.13. The van der Waals surface area contributed by atoms with Crippen LogP contribution in [0.1, 0.15) is 26.7 Å². The number of rotatable bonds is 9. The van der Waals surface area contributed by atoms with Crippen molar-refractivity contribution in [1.82, 2.24) is 10.6 Å². The molecule has 114 valence electrons. The molecule has 2 amide bonds. The van der Waals surface area contributed by atoms with E-state index in [0.29, 0.717) is 6.42 Å². The number of carbonyl (C=O) groups excluding carboxylic acids is 4. The Bertz CT molecular complexity index is 369. The van der Waals surface area contributed by atoms with Gasteiger partial charge in [0.25, 0.3) is 5.91 Å². The molecule has 0 aromatic rings. The summed E-state index contributed by atoms with van der Waals surface area (Å²) >= 11 is 0. The minimum atomic E-state index is -0.868. The topological polar surface area (TPSA) is 122 Å². The van der Waals surface area contributed by atoms with Crippen molar-refractivity contribution in [2.45, 2.75) is 32.8 Å². The Morgan fingerprint density at radius 3 is 2.40 bits per heavy atom. The van der Waals surface area contributed by atoms with Crippen LogP contribution < -0.4 is 10.6 Å². The SMILES string of the molecule is CC(=O)O[C@@H](C)C(=O)NCCCC(=O)CNC(=O)CO. The number of hydrogen-bond donors (Lipinski definition) is 3. The third-order valence-electron chi connectivity index (χ3n) is 2.27. The lowest BCUT2D eigenvalue weighted by atomic mass is 10.2. The lowest BCUT2D eigenvalue weighted by Crippen LogP contribution is -2.36. The van der Waals surface area contributed by atoms with Crippen LogP contribution in [0.4, 0.5) is 0 Å². The van der Waals surface area contributed by atoms with Gasteiger partial charge in [0.1, 0.15) is 6.61 Å². The predicted molar refractivity (Wildman–Crippen MR) is 68.6 cm³/mol. The summed E-state index contributed by atoms with van der Waals surface area (Å²) in [5, 5.41) is 13.2. The van der Waals surface area contributed by atoms with Crippen molar-refractivity contribution in [2.24, 2.45) is 0 Å². The summed E-state index contributed by atoms with van der Waals surface area (Å²) in [6, 6.07) is 0. The molecule has 0 bridgehead atoms. The van der Waals surface area contributed by atoms with E-state index in [4.69, 9.17) is 5.11 Å². The summed E-state index contributed by atoms with van der Waals surface area (Å²) in [7, 11) is 0. The quantitative estimate of drug-likeness (QED) is 0.351. The summed E-state index contributed by atoms with van der Waals surface area (Å²) < 4.78 is 4.68. The average molecular weight is 288 g/mol. The summed E-state index contributed by atoms with van der Waals surface area (Å²) in [5.74, 6) is -1.78. The van der Waals surface area contributed by atoms with Crippen LogP contribution in [0, 0.1) is 0 Å². The van der Waals surface area contributed by atoms with E-state index in [0.717, 1.165) is 0 Å². The Kier molecular flexibility index (Phi) is 8.93. The molecule has 0 spiro atoms. The highest BCUT2D eigenvalue weighted by Crippen LogP contribution is 1.93. The molecule has 3 N–H and O–H groups in total. The number of aliphatic hydroxyl groups is 1. The molecule has 0 aliphatic carbocycles. The molecule has 0 radical (unpaired) electrons. The molecule has 0 unspecified atom stereocenters. The van der Waals surface area contributed by atoms with Crippen LogP contribution in [0.15, 0.2) is 0 Å². The van der Waals surface area contributed by atoms with Crippen LogP contribution in [0.3, 0.4) is 0 Å². The lowest BCUT2D eigenvalue weighted by molar-refractivity contribution is -0.152. The van der Waals surface area contributed by atoms with E-state index in [1.165, 1.54) is 13.8 Å². The molecule has 0 fully saturated rings. The molecule has 8 nitrogen and oxygen atoms in total. The van der Waals surface area contributed by atoms with Gasteiger partial charge in [0.15, 0.2) is 11.9 Å². The fourth-order valence-electron chi connectivity index (χ4n) is 1.28. The number of ketones is 1. The van der Waals surface area contributed by atoms with Crippen molar-refractivity contribution in [3.8, 4) is 0 Å². The van der Waals surface area contributed by atoms with E-state index < -0.39 is 30.5 Å². The number of amides is 2. The van der Waals surface area contributed by atoms with Crippen molar-refractivity contribution in [2.75, 3.05) is 19.7 Å². The lowest BCUT2D eigenvalue weighted by Gasteiger charge is -2.11. The highest BCUT2D eigenvalue weighted by Gasteiger charge is 2.14. The fraction of sp³-hybridized carbons (Fsp3) is 0.667. The number of hydrogen-bond acceptors (Lipinski definition) is 6. The zero-order valence-electron chi connectivity index (χ0n) is 11.6. The van der Waals surface area contributed by atoms with Crippen molar-refractivity contribution in [3.63, 3.8) is 0 Å². The number of carbonyl (C=O) groups is 4. The van der Waals surface area contributed by atoms with Crippen molar-refractivity contribution in [1.29, 1.82) is 0 Å². The maximum Gasteiger partial charge on any atom is 0.303 e. The third kappa shape index (κ3) is 9.03. The molecular formula is C12H20N2O6. The van der Waals surface area contributed by atoms with Gasteiger partial charge < -0.3 is 20.5 Å². The van der Waals surface area contributed by atoms with Crippen LogP contribution in [-0.4, -0.2) is 54.5 Å². The van der Waals surface area contributed by atoms with Gasteiger partial charge in [0.2, 0.25) is 5.91 Å². The van der Waals surface area contributed by atoms with Crippen molar-refractivity contribution >= 4 is 23.6 Å². The summed E-state index contributed by atoms with van der Waals surface area (Å²) in [4.78, 5) is 44.0. The predicted octanol–water partition coefficient (Wildman–Crippen LogP) is -1.49. The molecule has 0 aliphatic rings. The summed E-state index contributed by atoms with van der Waals surface area (Å²) in [5.41, 5.74) is 0. The van der Waals surface area contributed by atoms with Gasteiger partial charge >= 0.3 is 5.97 Å². The first-order valence-corrected chi connectivity index (χ1v) is 6.21. The van der Waals surface area contributed by atoms with Gasteiger partial charge in [0.05, 0.1) is 6.54 Å². The fourth-order valence-corrected chi connectivity index (χ4v) is 1.28. The van der Waals surface area contributed by atoms with E-state index in [2.05, 4.69) is 15.4 Å². The van der Waals surface area contributed by atoms with Crippen LogP contribution in [-0.2, 0) is 23.9 Å². The highest BCUT2D eigenvalue weighted by atomic mass is 16.5. The minimum Gasteiger partial charge on any atom is -0.453 e. The molecule has 0 aromatic heterocycles. The smallest absolute Gasteiger partial charge is 0.303 e. The number of esters is 1. The van der Waals surface area contributed by atoms with E-state index in [1.54, 1.807) is 0 Å². The van der Waals surface area contributed by atoms with Crippen molar-refractivity contribution in [3.05, 3.63) is 0 Å². The van der Waals surface area contributed by atoms with Gasteiger partial charge in [0, 0.05) is 19.9 Å². The molecular weight excluding hydrogens is 268 g/mol. The second-order valence-electron chi connectivity index (χ2n) is 4.12. The minimum absolute atomic E-state index is 0.142. The molecule has 20 heavy (non-hydrogen) atoms. The van der Waals surface area contributed by atoms with Gasteiger partial charge in [-0.15, -0.1) is 0 Å². The van der Waals surface area contributed by atoms with Crippen LogP contribution >= 0.6 is 0 Å². The monoisotopic (exact) mass is 288 g/mol. The number of nitrogens with one attached hydrogen (secondary N) is 2. The molecule has 8 heteroatoms. The third-order valence-corrected chi connectivity index (χ3v) is 2.27. The van der Waals surface area contributed by atoms with Gasteiger partial charge in [-0.05, 0) is 13.3 Å². The Balaban J connectivity index is 3.70. The van der Waals surface area contributed by atoms with Crippen molar-refractivity contribution < 1.29 is 29.0 Å².